The Morgan fingerprint density at radius 1 is 0.846 bits per heavy atom. The van der Waals surface area contributed by atoms with Crippen LogP contribution in [-0.2, 0) is 0 Å². The van der Waals surface area contributed by atoms with Crippen molar-refractivity contribution in [1.29, 1.82) is 5.26 Å². The fourth-order valence-electron chi connectivity index (χ4n) is 3.01. The monoisotopic (exact) mass is 337 g/mol. The Labute approximate surface area is 151 Å². The highest BCUT2D eigenvalue weighted by Gasteiger charge is 2.18. The second kappa shape index (κ2) is 6.58. The summed E-state index contributed by atoms with van der Waals surface area (Å²) in [5.74, 6) is 1.57. The lowest BCUT2D eigenvalue weighted by molar-refractivity contribution is 0.488. The highest BCUT2D eigenvalue weighted by molar-refractivity contribution is 6.03. The molecule has 3 aromatic carbocycles. The van der Waals surface area contributed by atoms with Crippen molar-refractivity contribution in [2.75, 3.05) is 5.73 Å². The van der Waals surface area contributed by atoms with Gasteiger partial charge in [-0.3, -0.25) is 0 Å². The van der Waals surface area contributed by atoms with Crippen LogP contribution >= 0.6 is 0 Å². The molecule has 0 atom stereocenters. The van der Waals surface area contributed by atoms with Crippen LogP contribution < -0.4 is 10.5 Å². The molecule has 0 fully saturated rings. The summed E-state index contributed by atoms with van der Waals surface area (Å²) in [6.45, 7) is 0. The summed E-state index contributed by atoms with van der Waals surface area (Å²) in [5.41, 5.74) is 8.74. The molecular formula is C22H15N3O. The van der Waals surface area contributed by atoms with Crippen LogP contribution in [0.15, 0.2) is 78.9 Å². The molecule has 2 N–H and O–H groups in total. The van der Waals surface area contributed by atoms with Crippen LogP contribution in [0.25, 0.3) is 22.0 Å². The molecule has 0 unspecified atom stereocenters. The van der Waals surface area contributed by atoms with Crippen LogP contribution in [0.3, 0.4) is 0 Å². The first-order chi connectivity index (χ1) is 12.8. The Morgan fingerprint density at radius 3 is 2.23 bits per heavy atom. The first-order valence-corrected chi connectivity index (χ1v) is 8.18. The van der Waals surface area contributed by atoms with Crippen molar-refractivity contribution in [1.82, 2.24) is 4.98 Å². The van der Waals surface area contributed by atoms with E-state index in [2.05, 4.69) is 11.1 Å². The molecule has 0 spiro atoms. The number of fused-ring (bicyclic) bond motifs is 1. The van der Waals surface area contributed by atoms with E-state index >= 15 is 0 Å². The van der Waals surface area contributed by atoms with Crippen molar-refractivity contribution in [2.45, 2.75) is 0 Å². The first kappa shape index (κ1) is 15.7. The minimum Gasteiger partial charge on any atom is -0.457 e. The molecule has 0 radical (unpaired) electrons. The van der Waals surface area contributed by atoms with Crippen LogP contribution in [-0.4, -0.2) is 4.98 Å². The highest BCUT2D eigenvalue weighted by atomic mass is 16.5. The average Bonchev–Trinajstić information content (AvgIpc) is 2.68. The van der Waals surface area contributed by atoms with Crippen LogP contribution in [0.2, 0.25) is 0 Å². The number of aromatic nitrogens is 1. The van der Waals surface area contributed by atoms with Crippen LogP contribution in [0, 0.1) is 11.3 Å². The maximum Gasteiger partial charge on any atom is 0.142 e. The van der Waals surface area contributed by atoms with Gasteiger partial charge in [0, 0.05) is 5.56 Å². The molecule has 4 rings (SSSR count). The standard InChI is InChI=1S/C22H15N3O/c23-14-17-20(15-8-3-1-4-9-15)21-18(25-22(17)24)12-7-13-19(21)26-16-10-5-2-6-11-16/h1-13H,(H2,24,25). The lowest BCUT2D eigenvalue weighted by atomic mass is 9.95. The van der Waals surface area contributed by atoms with Crippen molar-refractivity contribution < 1.29 is 4.74 Å². The van der Waals surface area contributed by atoms with Gasteiger partial charge in [-0.1, -0.05) is 54.6 Å². The summed E-state index contributed by atoms with van der Waals surface area (Å²) in [4.78, 5) is 4.41. The van der Waals surface area contributed by atoms with Crippen LogP contribution in [0.4, 0.5) is 5.82 Å². The molecule has 4 aromatic rings. The second-order valence-electron chi connectivity index (χ2n) is 5.79. The fraction of sp³-hybridized carbons (Fsp3) is 0. The largest absolute Gasteiger partial charge is 0.457 e. The van der Waals surface area contributed by atoms with E-state index in [1.165, 1.54) is 0 Å². The minimum absolute atomic E-state index is 0.218. The van der Waals surface area contributed by atoms with Gasteiger partial charge in [-0.05, 0) is 29.8 Å². The molecule has 124 valence electrons. The molecule has 0 bridgehead atoms. The number of hydrogen-bond acceptors (Lipinski definition) is 4. The highest BCUT2D eigenvalue weighted by Crippen LogP contribution is 2.40. The van der Waals surface area contributed by atoms with Gasteiger partial charge in [0.15, 0.2) is 0 Å². The Hall–Kier alpha value is -3.84. The Kier molecular flexibility index (Phi) is 3.97. The van der Waals surface area contributed by atoms with Crippen molar-refractivity contribution in [2.24, 2.45) is 0 Å². The maximum atomic E-state index is 9.69. The van der Waals surface area contributed by atoms with Gasteiger partial charge >= 0.3 is 0 Å². The van der Waals surface area contributed by atoms with Gasteiger partial charge in [-0.25, -0.2) is 4.98 Å². The van der Waals surface area contributed by atoms with Gasteiger partial charge in [-0.15, -0.1) is 0 Å². The molecule has 0 aliphatic rings. The molecule has 0 amide bonds. The van der Waals surface area contributed by atoms with Gasteiger partial charge in [0.2, 0.25) is 0 Å². The van der Waals surface area contributed by atoms with E-state index in [-0.39, 0.29) is 5.82 Å². The van der Waals surface area contributed by atoms with E-state index in [1.54, 1.807) is 0 Å². The summed E-state index contributed by atoms with van der Waals surface area (Å²) in [6, 6.07) is 27.0. The fourth-order valence-corrected chi connectivity index (χ4v) is 3.01. The minimum atomic E-state index is 0.218. The van der Waals surface area contributed by atoms with Gasteiger partial charge in [0.05, 0.1) is 10.9 Å². The summed E-state index contributed by atoms with van der Waals surface area (Å²) in [5, 5.41) is 10.5. The molecule has 0 saturated carbocycles. The van der Waals surface area contributed by atoms with E-state index < -0.39 is 0 Å². The third-order valence-electron chi connectivity index (χ3n) is 4.15. The number of para-hydroxylation sites is 1. The zero-order valence-corrected chi connectivity index (χ0v) is 13.9. The molecule has 0 saturated heterocycles. The van der Waals surface area contributed by atoms with E-state index in [9.17, 15) is 5.26 Å². The second-order valence-corrected chi connectivity index (χ2v) is 5.79. The summed E-state index contributed by atoms with van der Waals surface area (Å²) in [7, 11) is 0. The Balaban J connectivity index is 2.04. The number of nitrogens with two attached hydrogens (primary N) is 1. The third-order valence-corrected chi connectivity index (χ3v) is 4.15. The summed E-state index contributed by atoms with van der Waals surface area (Å²) < 4.78 is 6.10. The number of anilines is 1. The normalized spacial score (nSPS) is 10.4. The Bertz CT molecular complexity index is 1120. The van der Waals surface area contributed by atoms with Gasteiger partial charge in [0.25, 0.3) is 0 Å². The van der Waals surface area contributed by atoms with Crippen molar-refractivity contribution >= 4 is 16.7 Å². The molecule has 4 heteroatoms. The SMILES string of the molecule is N#Cc1c(N)nc2cccc(Oc3ccccc3)c2c1-c1ccccc1. The van der Waals surface area contributed by atoms with Crippen molar-refractivity contribution in [3.8, 4) is 28.7 Å². The zero-order valence-electron chi connectivity index (χ0n) is 13.9. The predicted molar refractivity (Wildman–Crippen MR) is 103 cm³/mol. The molecule has 4 nitrogen and oxygen atoms in total. The topological polar surface area (TPSA) is 71.9 Å². The Morgan fingerprint density at radius 2 is 1.54 bits per heavy atom. The number of nitrogens with zero attached hydrogens (tertiary/aromatic N) is 2. The molecule has 1 heterocycles. The number of benzene rings is 3. The average molecular weight is 337 g/mol. The smallest absolute Gasteiger partial charge is 0.142 e. The quantitative estimate of drug-likeness (QED) is 0.561. The van der Waals surface area contributed by atoms with Crippen molar-refractivity contribution in [3.63, 3.8) is 0 Å². The van der Waals surface area contributed by atoms with E-state index in [0.29, 0.717) is 22.6 Å². The van der Waals surface area contributed by atoms with E-state index in [1.807, 2.05) is 78.9 Å². The number of hydrogen-bond donors (Lipinski definition) is 1. The van der Waals surface area contributed by atoms with Crippen LogP contribution in [0.1, 0.15) is 5.56 Å². The lowest BCUT2D eigenvalue weighted by Crippen LogP contribution is -2.00. The van der Waals surface area contributed by atoms with Gasteiger partial charge in [-0.2, -0.15) is 5.26 Å². The zero-order chi connectivity index (χ0) is 17.9. The van der Waals surface area contributed by atoms with E-state index in [0.717, 1.165) is 16.5 Å². The molecule has 0 aliphatic carbocycles. The number of nitriles is 1. The number of rotatable bonds is 3. The van der Waals surface area contributed by atoms with Crippen LogP contribution in [0.5, 0.6) is 11.5 Å². The predicted octanol–water partition coefficient (Wildman–Crippen LogP) is 5.15. The first-order valence-electron chi connectivity index (χ1n) is 8.18. The molecule has 0 aliphatic heterocycles. The summed E-state index contributed by atoms with van der Waals surface area (Å²) in [6.07, 6.45) is 0. The molecular weight excluding hydrogens is 322 g/mol. The third kappa shape index (κ3) is 2.72. The molecule has 1 aromatic heterocycles. The summed E-state index contributed by atoms with van der Waals surface area (Å²) >= 11 is 0. The van der Waals surface area contributed by atoms with Gasteiger partial charge < -0.3 is 10.5 Å². The number of pyridine rings is 1. The lowest BCUT2D eigenvalue weighted by Gasteiger charge is -2.15. The van der Waals surface area contributed by atoms with Crippen molar-refractivity contribution in [3.05, 3.63) is 84.4 Å². The molecule has 26 heavy (non-hydrogen) atoms. The van der Waals surface area contributed by atoms with E-state index in [4.69, 9.17) is 10.5 Å². The number of ether oxygens (including phenoxy) is 1. The number of nitrogen functional groups attached to an aromatic ring is 1. The van der Waals surface area contributed by atoms with Gasteiger partial charge in [0.1, 0.15) is 28.9 Å². The maximum absolute atomic E-state index is 9.69.